The Morgan fingerprint density at radius 2 is 1.01 bits per heavy atom. The Balaban J connectivity index is 2.13. The van der Waals surface area contributed by atoms with Gasteiger partial charge in [-0.15, -0.1) is 0 Å². The fraction of sp³-hybridized carbons (Fsp3) is 0.689. The maximum absolute atomic E-state index is 14.2. The first-order chi connectivity index (χ1) is 34.8. The number of hydrogen-bond donors (Lipinski definition) is 13. The number of nitrogens with two attached hydrogens (primary N) is 1. The molecule has 0 radical (unpaired) electrons. The van der Waals surface area contributed by atoms with Crippen molar-refractivity contribution in [3.8, 4) is 0 Å². The number of carboxylic acids is 3. The largest absolute Gasteiger partial charge is 0.481 e. The van der Waals surface area contributed by atoms with Crippen molar-refractivity contribution in [3.63, 3.8) is 0 Å². The molecule has 3 saturated heterocycles. The first-order valence-corrected chi connectivity index (χ1v) is 25.0. The van der Waals surface area contributed by atoms with E-state index in [1.807, 2.05) is 0 Å². The van der Waals surface area contributed by atoms with Gasteiger partial charge in [0.05, 0.1) is 13.0 Å². The molecule has 412 valence electrons. The quantitative estimate of drug-likeness (QED) is 0.0689. The molecule has 0 aromatic carbocycles. The lowest BCUT2D eigenvalue weighted by molar-refractivity contribution is -0.144. The van der Waals surface area contributed by atoms with Gasteiger partial charge in [-0.1, -0.05) is 34.1 Å². The SMILES string of the molecule is CC[C@H](C)[C@@H]1NC(=O)[C@H](C(C)C)NC(=O)[C@@H](CCC(N)=O)NC(=O)[C@@H]2CCCN2C(=O)[C@H](CS)NC(=O)[C@H](CC(=O)O)NC(=O)[C@H](CCC(=O)O)NC(=O)CNC(=O)[C@@H]2CCCN2C(=O)[C@H](CCC(=O)O)NC1=O. The van der Waals surface area contributed by atoms with Crippen molar-refractivity contribution in [1.82, 2.24) is 52.3 Å². The number of primary amides is 1. The van der Waals surface area contributed by atoms with Crippen molar-refractivity contribution in [3.05, 3.63) is 0 Å². The summed E-state index contributed by atoms with van der Waals surface area (Å²) in [6.45, 7) is 5.50. The summed E-state index contributed by atoms with van der Waals surface area (Å²) >= 11 is 4.18. The molecule has 3 fully saturated rings. The number of carbonyl (C=O) groups excluding carboxylic acids is 11. The Bertz CT molecular complexity index is 2160. The van der Waals surface area contributed by atoms with Crippen LogP contribution in [0.1, 0.15) is 105 Å². The number of fused-ring (bicyclic) bond motifs is 2. The second kappa shape index (κ2) is 29.0. The third-order valence-corrected chi connectivity index (χ3v) is 13.2. The molecule has 0 bridgehead atoms. The van der Waals surface area contributed by atoms with Crippen LogP contribution in [-0.4, -0.2) is 188 Å². The van der Waals surface area contributed by atoms with Crippen LogP contribution in [0.25, 0.3) is 0 Å². The summed E-state index contributed by atoms with van der Waals surface area (Å²) in [7, 11) is 0. The average Bonchev–Trinajstić information content (AvgIpc) is 4.04. The normalized spacial score (nSPS) is 27.2. The van der Waals surface area contributed by atoms with Crippen LogP contribution in [0.3, 0.4) is 0 Å². The molecular weight excluding hydrogens is 999 g/mol. The number of carbonyl (C=O) groups is 14. The second-order valence-corrected chi connectivity index (χ2v) is 19.1. The Kier molecular flexibility index (Phi) is 24.0. The Morgan fingerprint density at radius 1 is 0.568 bits per heavy atom. The van der Waals surface area contributed by atoms with Gasteiger partial charge in [-0.2, -0.15) is 12.6 Å². The number of rotatable bonds is 15. The summed E-state index contributed by atoms with van der Waals surface area (Å²) < 4.78 is 0. The molecule has 0 aromatic heterocycles. The number of carboxylic acid groups (broad SMARTS) is 3. The Labute approximate surface area is 431 Å². The van der Waals surface area contributed by atoms with Gasteiger partial charge < -0.3 is 73.4 Å². The molecule has 0 aromatic rings. The summed E-state index contributed by atoms with van der Waals surface area (Å²) in [6, 6.07) is -13.7. The van der Waals surface area contributed by atoms with Crippen LogP contribution in [0.5, 0.6) is 0 Å². The van der Waals surface area contributed by atoms with Crippen LogP contribution in [0.15, 0.2) is 0 Å². The summed E-state index contributed by atoms with van der Waals surface area (Å²) in [5, 5.41) is 48.0. The molecule has 3 heterocycles. The summed E-state index contributed by atoms with van der Waals surface area (Å²) in [5.41, 5.74) is 5.40. The summed E-state index contributed by atoms with van der Waals surface area (Å²) in [6.07, 6.45) is -3.44. The van der Waals surface area contributed by atoms with E-state index in [4.69, 9.17) is 5.73 Å². The minimum Gasteiger partial charge on any atom is -0.481 e. The van der Waals surface area contributed by atoms with Crippen molar-refractivity contribution >= 4 is 95.5 Å². The van der Waals surface area contributed by atoms with Crippen molar-refractivity contribution < 1.29 is 82.4 Å². The molecule has 3 rings (SSSR count). The zero-order valence-corrected chi connectivity index (χ0v) is 42.5. The van der Waals surface area contributed by atoms with E-state index in [-0.39, 0.29) is 51.6 Å². The van der Waals surface area contributed by atoms with Gasteiger partial charge in [-0.25, -0.2) is 0 Å². The minimum absolute atomic E-state index is 0.0390. The molecule has 13 N–H and O–H groups in total. The highest BCUT2D eigenvalue weighted by Gasteiger charge is 2.42. The third-order valence-electron chi connectivity index (χ3n) is 12.8. The van der Waals surface area contributed by atoms with E-state index >= 15 is 0 Å². The lowest BCUT2D eigenvalue weighted by Crippen LogP contribution is -2.62. The van der Waals surface area contributed by atoms with Crippen molar-refractivity contribution in [2.24, 2.45) is 17.6 Å². The van der Waals surface area contributed by atoms with Crippen LogP contribution in [0.4, 0.5) is 0 Å². The van der Waals surface area contributed by atoms with E-state index in [1.54, 1.807) is 27.7 Å². The monoisotopic (exact) mass is 1070 g/mol. The van der Waals surface area contributed by atoms with Gasteiger partial charge in [0.1, 0.15) is 54.4 Å². The zero-order valence-electron chi connectivity index (χ0n) is 41.6. The predicted molar refractivity (Wildman–Crippen MR) is 259 cm³/mol. The van der Waals surface area contributed by atoms with E-state index < -0.39 is 200 Å². The van der Waals surface area contributed by atoms with Crippen molar-refractivity contribution in [1.29, 1.82) is 0 Å². The van der Waals surface area contributed by atoms with E-state index in [9.17, 15) is 82.4 Å². The van der Waals surface area contributed by atoms with E-state index in [1.165, 1.54) is 0 Å². The van der Waals surface area contributed by atoms with Gasteiger partial charge in [0.25, 0.3) is 0 Å². The number of amides is 11. The van der Waals surface area contributed by atoms with Crippen LogP contribution in [-0.2, 0) is 67.1 Å². The van der Waals surface area contributed by atoms with Gasteiger partial charge >= 0.3 is 17.9 Å². The number of thiol groups is 1. The number of nitrogens with one attached hydrogen (secondary N) is 8. The second-order valence-electron chi connectivity index (χ2n) is 18.7. The highest BCUT2D eigenvalue weighted by Crippen LogP contribution is 2.22. The maximum atomic E-state index is 14.2. The molecule has 0 unspecified atom stereocenters. The van der Waals surface area contributed by atoms with Gasteiger partial charge in [0.2, 0.25) is 65.0 Å². The molecule has 0 aliphatic carbocycles. The minimum atomic E-state index is -1.95. The van der Waals surface area contributed by atoms with Crippen LogP contribution in [0, 0.1) is 11.8 Å². The highest BCUT2D eigenvalue weighted by atomic mass is 32.1. The van der Waals surface area contributed by atoms with Crippen LogP contribution < -0.4 is 48.3 Å². The van der Waals surface area contributed by atoms with Gasteiger partial charge in [-0.05, 0) is 56.8 Å². The Hall–Kier alpha value is -7.07. The van der Waals surface area contributed by atoms with E-state index in [0.717, 1.165) is 9.80 Å². The van der Waals surface area contributed by atoms with Crippen LogP contribution >= 0.6 is 12.6 Å². The predicted octanol–water partition coefficient (Wildman–Crippen LogP) is -4.41. The molecule has 3 aliphatic rings. The first-order valence-electron chi connectivity index (χ1n) is 24.3. The van der Waals surface area contributed by atoms with E-state index in [2.05, 4.69) is 55.2 Å². The van der Waals surface area contributed by atoms with Crippen molar-refractivity contribution in [2.45, 2.75) is 159 Å². The lowest BCUT2D eigenvalue weighted by Gasteiger charge is -2.32. The molecule has 3 aliphatic heterocycles. The number of aliphatic carboxylic acids is 3. The topological polar surface area (TPSA) is 428 Å². The Morgan fingerprint density at radius 3 is 1.54 bits per heavy atom. The lowest BCUT2D eigenvalue weighted by atomic mass is 9.95. The van der Waals surface area contributed by atoms with Gasteiger partial charge in [-0.3, -0.25) is 67.1 Å². The molecule has 11 amide bonds. The van der Waals surface area contributed by atoms with Gasteiger partial charge in [0, 0.05) is 38.1 Å². The average molecular weight is 1070 g/mol. The number of nitrogens with zero attached hydrogens (tertiary/aromatic N) is 2. The fourth-order valence-electron chi connectivity index (χ4n) is 8.53. The molecule has 29 heteroatoms. The number of hydrogen-bond acceptors (Lipinski definition) is 15. The standard InChI is InChI=1S/C45H69N11O17S/c1-5-22(4)36-43(71)50-25(12-15-33(61)62)44(72)55-16-6-8-28(55)40(68)47-19-31(58)48-23(11-14-32(59)60)37(65)51-26(18-34(63)64)39(67)52-27(20-74)45(73)56-17-7-9-29(56)41(69)49-24(10-13-30(46)57)38(66)53-35(21(2)3)42(70)54-36/h21-29,35-36,74H,5-20H2,1-4H3,(H2,46,57)(H,47,68)(H,48,58)(H,49,69)(H,50,71)(H,51,65)(H,52,67)(H,53,66)(H,54,70)(H,59,60)(H,61,62)(H,63,64)/t22-,23-,24+,25-,26-,27-,28-,29-,35-,36-/m0/s1. The van der Waals surface area contributed by atoms with E-state index in [0.29, 0.717) is 0 Å². The summed E-state index contributed by atoms with van der Waals surface area (Å²) in [4.78, 5) is 188. The molecule has 10 atom stereocenters. The maximum Gasteiger partial charge on any atom is 0.305 e. The smallest absolute Gasteiger partial charge is 0.305 e. The van der Waals surface area contributed by atoms with Crippen molar-refractivity contribution in [2.75, 3.05) is 25.4 Å². The summed E-state index contributed by atoms with van der Waals surface area (Å²) in [5.74, 6) is -16.8. The van der Waals surface area contributed by atoms with Gasteiger partial charge in [0.15, 0.2) is 0 Å². The molecular formula is C45H69N11O17S. The molecule has 74 heavy (non-hydrogen) atoms. The molecule has 0 saturated carbocycles. The fourth-order valence-corrected chi connectivity index (χ4v) is 8.78. The molecule has 0 spiro atoms. The first kappa shape index (κ1) is 61.2. The third kappa shape index (κ3) is 18.1. The molecule has 28 nitrogen and oxygen atoms in total. The zero-order chi connectivity index (χ0) is 55.6. The highest BCUT2D eigenvalue weighted by molar-refractivity contribution is 7.80. The van der Waals surface area contributed by atoms with Crippen LogP contribution in [0.2, 0.25) is 0 Å².